The minimum Gasteiger partial charge on any atom is -0.374 e. The van der Waals surface area contributed by atoms with Gasteiger partial charge in [0.05, 0.1) is 12.7 Å². The zero-order chi connectivity index (χ0) is 5.82. The first-order valence-corrected chi connectivity index (χ1v) is 3.35. The molecular weight excluding hydrogens is 126 g/mol. The first-order chi connectivity index (χ1) is 3.93. The Kier molecular flexibility index (Phi) is 2.59. The summed E-state index contributed by atoms with van der Waals surface area (Å²) in [5.41, 5.74) is 0. The molecule has 0 spiro atoms. The topological polar surface area (TPSA) is 21.3 Å². The maximum atomic E-state index is 5.52. The Morgan fingerprint density at radius 2 is 2.62 bits per heavy atom. The lowest BCUT2D eigenvalue weighted by Crippen LogP contribution is -2.39. The average Bonchev–Trinajstić information content (AvgIpc) is 1.90. The number of hydrogen-bond donors (Lipinski definition) is 1. The molecule has 0 aromatic rings. The predicted octanol–water partition coefficient (Wildman–Crippen LogP) is 0.214. The van der Waals surface area contributed by atoms with Crippen molar-refractivity contribution in [1.82, 2.24) is 5.32 Å². The molecule has 0 unspecified atom stereocenters. The quantitative estimate of drug-likeness (QED) is 0.520. The molecule has 1 saturated heterocycles. The smallest absolute Gasteiger partial charge is 0.0835 e. The second kappa shape index (κ2) is 3.28. The monoisotopic (exact) mass is 135 g/mol. The first-order valence-electron chi connectivity index (χ1n) is 2.82. The van der Waals surface area contributed by atoms with Gasteiger partial charge in [-0.2, -0.15) is 0 Å². The van der Waals surface area contributed by atoms with Crippen molar-refractivity contribution in [3.63, 3.8) is 0 Å². The van der Waals surface area contributed by atoms with Gasteiger partial charge in [-0.25, -0.2) is 0 Å². The van der Waals surface area contributed by atoms with Crippen molar-refractivity contribution in [2.75, 3.05) is 25.6 Å². The minimum atomic E-state index is 0.241. The molecule has 1 rings (SSSR count). The largest absolute Gasteiger partial charge is 0.374 e. The summed E-state index contributed by atoms with van der Waals surface area (Å²) in [5, 5.41) is 3.18. The van der Waals surface area contributed by atoms with Crippen LogP contribution in [0.2, 0.25) is 0 Å². The Bertz CT molecular complexity index is 63.4. The van der Waals surface area contributed by atoms with Gasteiger partial charge in [-0.15, -0.1) is 11.6 Å². The molecular formula is C5H10ClNO. The third-order valence-electron chi connectivity index (χ3n) is 1.18. The van der Waals surface area contributed by atoms with E-state index in [-0.39, 0.29) is 6.10 Å². The minimum absolute atomic E-state index is 0.241. The molecule has 48 valence electrons. The van der Waals surface area contributed by atoms with Crippen LogP contribution in [-0.2, 0) is 4.74 Å². The van der Waals surface area contributed by atoms with E-state index in [1.807, 2.05) is 0 Å². The number of nitrogens with one attached hydrogen (secondary N) is 1. The number of alkyl halides is 1. The van der Waals surface area contributed by atoms with Crippen molar-refractivity contribution in [2.45, 2.75) is 6.10 Å². The normalized spacial score (nSPS) is 30.4. The van der Waals surface area contributed by atoms with Crippen molar-refractivity contribution in [3.8, 4) is 0 Å². The van der Waals surface area contributed by atoms with Crippen molar-refractivity contribution < 1.29 is 4.74 Å². The molecule has 0 radical (unpaired) electrons. The fraction of sp³-hybridized carbons (Fsp3) is 1.00. The van der Waals surface area contributed by atoms with E-state index in [1.54, 1.807) is 0 Å². The van der Waals surface area contributed by atoms with Crippen LogP contribution in [0.1, 0.15) is 0 Å². The molecule has 1 aliphatic heterocycles. The Morgan fingerprint density at radius 3 is 3.00 bits per heavy atom. The van der Waals surface area contributed by atoms with E-state index in [0.29, 0.717) is 5.88 Å². The Balaban J connectivity index is 2.13. The van der Waals surface area contributed by atoms with Crippen LogP contribution in [0.25, 0.3) is 0 Å². The third kappa shape index (κ3) is 1.62. The van der Waals surface area contributed by atoms with E-state index in [9.17, 15) is 0 Å². The fourth-order valence-electron chi connectivity index (χ4n) is 0.719. The predicted molar refractivity (Wildman–Crippen MR) is 33.3 cm³/mol. The second-order valence-electron chi connectivity index (χ2n) is 1.85. The molecule has 1 aliphatic rings. The molecule has 0 bridgehead atoms. The third-order valence-corrected chi connectivity index (χ3v) is 1.52. The maximum absolute atomic E-state index is 5.52. The molecule has 1 atom stereocenters. The highest BCUT2D eigenvalue weighted by Gasteiger charge is 2.10. The zero-order valence-corrected chi connectivity index (χ0v) is 5.45. The van der Waals surface area contributed by atoms with E-state index in [1.165, 1.54) is 0 Å². The summed E-state index contributed by atoms with van der Waals surface area (Å²) >= 11 is 5.52. The van der Waals surface area contributed by atoms with E-state index < -0.39 is 0 Å². The van der Waals surface area contributed by atoms with Crippen molar-refractivity contribution in [3.05, 3.63) is 0 Å². The van der Waals surface area contributed by atoms with Gasteiger partial charge in [-0.1, -0.05) is 0 Å². The summed E-state index contributed by atoms with van der Waals surface area (Å²) < 4.78 is 5.23. The van der Waals surface area contributed by atoms with Crippen LogP contribution >= 0.6 is 11.6 Å². The highest BCUT2D eigenvalue weighted by Crippen LogP contribution is 1.96. The van der Waals surface area contributed by atoms with Crippen LogP contribution in [0, 0.1) is 0 Å². The maximum Gasteiger partial charge on any atom is 0.0835 e. The van der Waals surface area contributed by atoms with Crippen LogP contribution in [0.15, 0.2) is 0 Å². The standard InChI is InChI=1S/C5H10ClNO/c6-3-5-4-7-1-2-8-5/h5,7H,1-4H2/t5-/m1/s1. The van der Waals surface area contributed by atoms with Gasteiger partial charge in [0, 0.05) is 19.0 Å². The van der Waals surface area contributed by atoms with Gasteiger partial charge in [0.15, 0.2) is 0 Å². The van der Waals surface area contributed by atoms with Crippen LogP contribution in [0.5, 0.6) is 0 Å². The van der Waals surface area contributed by atoms with Gasteiger partial charge in [-0.3, -0.25) is 0 Å². The van der Waals surface area contributed by atoms with Gasteiger partial charge in [0.1, 0.15) is 0 Å². The Labute approximate surface area is 54.2 Å². The van der Waals surface area contributed by atoms with Crippen molar-refractivity contribution in [1.29, 1.82) is 0 Å². The lowest BCUT2D eigenvalue weighted by molar-refractivity contribution is 0.0432. The fourth-order valence-corrected chi connectivity index (χ4v) is 0.917. The van der Waals surface area contributed by atoms with Gasteiger partial charge in [0.2, 0.25) is 0 Å². The molecule has 0 saturated carbocycles. The first kappa shape index (κ1) is 6.33. The lowest BCUT2D eigenvalue weighted by atomic mass is 10.3. The molecule has 0 aliphatic carbocycles. The van der Waals surface area contributed by atoms with Crippen LogP contribution in [0.4, 0.5) is 0 Å². The summed E-state index contributed by atoms with van der Waals surface area (Å²) in [7, 11) is 0. The average molecular weight is 136 g/mol. The molecule has 1 heterocycles. The summed E-state index contributed by atoms with van der Waals surface area (Å²) in [5.74, 6) is 0.604. The lowest BCUT2D eigenvalue weighted by Gasteiger charge is -2.20. The number of halogens is 1. The van der Waals surface area contributed by atoms with Gasteiger partial charge in [0.25, 0.3) is 0 Å². The van der Waals surface area contributed by atoms with Crippen molar-refractivity contribution in [2.24, 2.45) is 0 Å². The second-order valence-corrected chi connectivity index (χ2v) is 2.16. The molecule has 1 N–H and O–H groups in total. The Morgan fingerprint density at radius 1 is 1.75 bits per heavy atom. The summed E-state index contributed by atoms with van der Waals surface area (Å²) in [6.07, 6.45) is 0.241. The Hall–Kier alpha value is 0.210. The number of morpholine rings is 1. The zero-order valence-electron chi connectivity index (χ0n) is 4.69. The molecule has 3 heteroatoms. The highest BCUT2D eigenvalue weighted by atomic mass is 35.5. The van der Waals surface area contributed by atoms with Crippen LogP contribution in [-0.4, -0.2) is 31.7 Å². The highest BCUT2D eigenvalue weighted by molar-refractivity contribution is 6.18. The molecule has 2 nitrogen and oxygen atoms in total. The molecule has 0 aromatic carbocycles. The van der Waals surface area contributed by atoms with Gasteiger partial charge >= 0.3 is 0 Å². The molecule has 8 heavy (non-hydrogen) atoms. The number of hydrogen-bond acceptors (Lipinski definition) is 2. The van der Waals surface area contributed by atoms with E-state index in [4.69, 9.17) is 16.3 Å². The van der Waals surface area contributed by atoms with E-state index in [2.05, 4.69) is 5.32 Å². The van der Waals surface area contributed by atoms with Crippen molar-refractivity contribution >= 4 is 11.6 Å². The van der Waals surface area contributed by atoms with E-state index in [0.717, 1.165) is 19.7 Å². The summed E-state index contributed by atoms with van der Waals surface area (Å²) in [6.45, 7) is 2.67. The molecule has 0 aromatic heterocycles. The van der Waals surface area contributed by atoms with Gasteiger partial charge in [-0.05, 0) is 0 Å². The SMILES string of the molecule is ClC[C@@H]1CNCCO1. The molecule has 0 amide bonds. The van der Waals surface area contributed by atoms with Gasteiger partial charge < -0.3 is 10.1 Å². The van der Waals surface area contributed by atoms with Crippen LogP contribution in [0.3, 0.4) is 0 Å². The summed E-state index contributed by atoms with van der Waals surface area (Å²) in [6, 6.07) is 0. The number of rotatable bonds is 1. The number of ether oxygens (including phenoxy) is 1. The molecule has 1 fully saturated rings. The summed E-state index contributed by atoms with van der Waals surface area (Å²) in [4.78, 5) is 0. The van der Waals surface area contributed by atoms with Crippen LogP contribution < -0.4 is 5.32 Å². The van der Waals surface area contributed by atoms with E-state index >= 15 is 0 Å².